The summed E-state index contributed by atoms with van der Waals surface area (Å²) in [6, 6.07) is 0.407. The Bertz CT molecular complexity index is 192. The average molecular weight is 215 g/mol. The third kappa shape index (κ3) is 4.09. The highest BCUT2D eigenvalue weighted by molar-refractivity contribution is 4.86. The molecule has 1 fully saturated rings. The van der Waals surface area contributed by atoms with Gasteiger partial charge in [0, 0.05) is 38.6 Å². The minimum Gasteiger partial charge on any atom is -0.388 e. The summed E-state index contributed by atoms with van der Waals surface area (Å²) in [5.74, 6) is 0. The quantitative estimate of drug-likeness (QED) is 0.750. The summed E-state index contributed by atoms with van der Waals surface area (Å²) in [5, 5.41) is 13.7. The normalized spacial score (nSPS) is 23.8. The lowest BCUT2D eigenvalue weighted by Crippen LogP contribution is -2.49. The molecule has 0 amide bonds. The predicted molar refractivity (Wildman–Crippen MR) is 61.9 cm³/mol. The molecule has 90 valence electrons. The molecule has 15 heavy (non-hydrogen) atoms. The van der Waals surface area contributed by atoms with Crippen LogP contribution in [0.5, 0.6) is 0 Å². The van der Waals surface area contributed by atoms with Gasteiger partial charge in [-0.1, -0.05) is 20.8 Å². The molecule has 2 N–H and O–H groups in total. The molecular formula is C12H25NO2. The Hall–Kier alpha value is -0.120. The summed E-state index contributed by atoms with van der Waals surface area (Å²) in [7, 11) is 0. The number of ether oxygens (including phenoxy) is 1. The summed E-state index contributed by atoms with van der Waals surface area (Å²) >= 11 is 0. The van der Waals surface area contributed by atoms with Crippen molar-refractivity contribution >= 4 is 0 Å². The monoisotopic (exact) mass is 215 g/mol. The molecule has 3 heteroatoms. The Morgan fingerprint density at radius 1 is 1.33 bits per heavy atom. The fraction of sp³-hybridized carbons (Fsp3) is 1.00. The third-order valence-corrected chi connectivity index (χ3v) is 3.46. The molecule has 3 nitrogen and oxygen atoms in total. The highest BCUT2D eigenvalue weighted by atomic mass is 16.5. The van der Waals surface area contributed by atoms with E-state index < -0.39 is 5.60 Å². The van der Waals surface area contributed by atoms with Crippen LogP contribution >= 0.6 is 0 Å². The van der Waals surface area contributed by atoms with E-state index in [-0.39, 0.29) is 5.41 Å². The van der Waals surface area contributed by atoms with Crippen molar-refractivity contribution < 1.29 is 9.84 Å². The van der Waals surface area contributed by atoms with Crippen LogP contribution in [0.15, 0.2) is 0 Å². The first-order valence-electron chi connectivity index (χ1n) is 5.87. The highest BCUT2D eigenvalue weighted by Gasteiger charge is 2.31. The molecular weight excluding hydrogens is 190 g/mol. The Labute approximate surface area is 93.2 Å². The zero-order valence-electron chi connectivity index (χ0n) is 10.5. The van der Waals surface area contributed by atoms with Gasteiger partial charge >= 0.3 is 0 Å². The van der Waals surface area contributed by atoms with Crippen LogP contribution in [0.2, 0.25) is 0 Å². The Kier molecular flexibility index (Phi) is 4.15. The number of hydrogen-bond acceptors (Lipinski definition) is 3. The van der Waals surface area contributed by atoms with Gasteiger partial charge in [-0.3, -0.25) is 0 Å². The van der Waals surface area contributed by atoms with Crippen LogP contribution in [-0.2, 0) is 4.74 Å². The van der Waals surface area contributed by atoms with Crippen LogP contribution in [0, 0.1) is 5.41 Å². The number of hydrogen-bond donors (Lipinski definition) is 2. The predicted octanol–water partition coefficient (Wildman–Crippen LogP) is 1.55. The van der Waals surface area contributed by atoms with Crippen molar-refractivity contribution in [2.75, 3.05) is 19.8 Å². The van der Waals surface area contributed by atoms with Crippen LogP contribution < -0.4 is 5.32 Å². The van der Waals surface area contributed by atoms with Crippen LogP contribution in [0.25, 0.3) is 0 Å². The molecule has 0 bridgehead atoms. The number of rotatable bonds is 3. The largest absolute Gasteiger partial charge is 0.388 e. The standard InChI is InChI=1S/C12H25NO2/c1-10(11(2,3)4)13-9-12(14)5-7-15-8-6-12/h10,13-14H,5-9H2,1-4H3. The number of nitrogens with one attached hydrogen (secondary N) is 1. The van der Waals surface area contributed by atoms with Gasteiger partial charge in [0.15, 0.2) is 0 Å². The van der Waals surface area contributed by atoms with Gasteiger partial charge in [-0.2, -0.15) is 0 Å². The van der Waals surface area contributed by atoms with Gasteiger partial charge in [0.1, 0.15) is 0 Å². The number of aliphatic hydroxyl groups is 1. The third-order valence-electron chi connectivity index (χ3n) is 3.46. The van der Waals surface area contributed by atoms with E-state index in [1.54, 1.807) is 0 Å². The van der Waals surface area contributed by atoms with Crippen molar-refractivity contribution in [1.29, 1.82) is 0 Å². The molecule has 1 unspecified atom stereocenters. The van der Waals surface area contributed by atoms with E-state index in [0.717, 1.165) is 12.8 Å². The van der Waals surface area contributed by atoms with Crippen molar-refractivity contribution in [3.05, 3.63) is 0 Å². The smallest absolute Gasteiger partial charge is 0.0815 e. The molecule has 1 rings (SSSR count). The summed E-state index contributed by atoms with van der Waals surface area (Å²) in [4.78, 5) is 0. The van der Waals surface area contributed by atoms with Crippen LogP contribution in [0.1, 0.15) is 40.5 Å². The highest BCUT2D eigenvalue weighted by Crippen LogP contribution is 2.22. The van der Waals surface area contributed by atoms with E-state index in [9.17, 15) is 5.11 Å². The van der Waals surface area contributed by atoms with E-state index in [1.807, 2.05) is 0 Å². The average Bonchev–Trinajstić information content (AvgIpc) is 2.14. The van der Waals surface area contributed by atoms with Crippen molar-refractivity contribution in [2.24, 2.45) is 5.41 Å². The second-order valence-corrected chi connectivity index (χ2v) is 5.81. The van der Waals surface area contributed by atoms with Gasteiger partial charge in [-0.15, -0.1) is 0 Å². The lowest BCUT2D eigenvalue weighted by molar-refractivity contribution is -0.0638. The molecule has 0 saturated carbocycles. The molecule has 1 saturated heterocycles. The first-order valence-corrected chi connectivity index (χ1v) is 5.87. The maximum Gasteiger partial charge on any atom is 0.0815 e. The summed E-state index contributed by atoms with van der Waals surface area (Å²) in [6.45, 7) is 10.8. The Balaban J connectivity index is 2.35. The molecule has 0 aliphatic carbocycles. The fourth-order valence-corrected chi connectivity index (χ4v) is 1.58. The van der Waals surface area contributed by atoms with Crippen molar-refractivity contribution in [2.45, 2.75) is 52.2 Å². The lowest BCUT2D eigenvalue weighted by atomic mass is 9.87. The van der Waals surface area contributed by atoms with Gasteiger partial charge in [-0.25, -0.2) is 0 Å². The van der Waals surface area contributed by atoms with Crippen molar-refractivity contribution in [3.8, 4) is 0 Å². The van der Waals surface area contributed by atoms with Crippen LogP contribution in [0.3, 0.4) is 0 Å². The summed E-state index contributed by atoms with van der Waals surface area (Å²) in [6.07, 6.45) is 1.49. The van der Waals surface area contributed by atoms with E-state index in [2.05, 4.69) is 33.0 Å². The van der Waals surface area contributed by atoms with Gasteiger partial charge < -0.3 is 15.2 Å². The molecule has 1 heterocycles. The lowest BCUT2D eigenvalue weighted by Gasteiger charge is -2.36. The molecule has 0 radical (unpaired) electrons. The molecule has 0 aromatic carbocycles. The molecule has 0 aromatic heterocycles. The Morgan fingerprint density at radius 2 is 1.87 bits per heavy atom. The molecule has 1 atom stereocenters. The fourth-order valence-electron chi connectivity index (χ4n) is 1.58. The first kappa shape index (κ1) is 12.9. The van der Waals surface area contributed by atoms with Gasteiger partial charge in [0.25, 0.3) is 0 Å². The molecule has 1 aliphatic heterocycles. The summed E-state index contributed by atoms with van der Waals surface area (Å²) < 4.78 is 5.25. The van der Waals surface area contributed by atoms with E-state index >= 15 is 0 Å². The first-order chi connectivity index (χ1) is 6.83. The second-order valence-electron chi connectivity index (χ2n) is 5.81. The maximum atomic E-state index is 10.2. The van der Waals surface area contributed by atoms with Crippen LogP contribution in [-0.4, -0.2) is 36.5 Å². The zero-order valence-corrected chi connectivity index (χ0v) is 10.5. The second kappa shape index (κ2) is 4.81. The zero-order chi connectivity index (χ0) is 11.5. The van der Waals surface area contributed by atoms with Gasteiger partial charge in [0.05, 0.1) is 5.60 Å². The Morgan fingerprint density at radius 3 is 2.33 bits per heavy atom. The molecule has 0 aromatic rings. The topological polar surface area (TPSA) is 41.5 Å². The van der Waals surface area contributed by atoms with Crippen molar-refractivity contribution in [1.82, 2.24) is 5.32 Å². The molecule has 1 aliphatic rings. The maximum absolute atomic E-state index is 10.2. The minimum atomic E-state index is -0.558. The van der Waals surface area contributed by atoms with Gasteiger partial charge in [-0.05, 0) is 12.3 Å². The van der Waals surface area contributed by atoms with E-state index in [4.69, 9.17) is 4.74 Å². The minimum absolute atomic E-state index is 0.238. The van der Waals surface area contributed by atoms with Crippen LogP contribution in [0.4, 0.5) is 0 Å². The van der Waals surface area contributed by atoms with E-state index in [0.29, 0.717) is 25.8 Å². The van der Waals surface area contributed by atoms with Crippen molar-refractivity contribution in [3.63, 3.8) is 0 Å². The SMILES string of the molecule is CC(NCC1(O)CCOCC1)C(C)(C)C. The van der Waals surface area contributed by atoms with E-state index in [1.165, 1.54) is 0 Å². The summed E-state index contributed by atoms with van der Waals surface area (Å²) in [5.41, 5.74) is -0.320. The van der Waals surface area contributed by atoms with Gasteiger partial charge in [0.2, 0.25) is 0 Å². The molecule has 0 spiro atoms.